The molecule has 0 aliphatic rings. The topological polar surface area (TPSA) is 79.5 Å². The Kier molecular flexibility index (Phi) is 4.55. The van der Waals surface area contributed by atoms with Gasteiger partial charge >= 0.3 is 0 Å². The normalized spacial score (nSPS) is 11.1. The van der Waals surface area contributed by atoms with E-state index in [0.717, 1.165) is 46.5 Å². The number of carbonyl (C=O) groups is 1. The number of amides is 1. The largest absolute Gasteiger partial charge is 0.293 e. The molecule has 1 amide bonds. The third-order valence-corrected chi connectivity index (χ3v) is 4.41. The van der Waals surface area contributed by atoms with Crippen molar-refractivity contribution in [2.45, 2.75) is 40.5 Å². The first-order valence-electron chi connectivity index (χ1n) is 8.38. The SMILES string of the molecule is CCCc1cc(C(=O)NO)nc2c(-c3c(C)cccc3C)c(C)nn12. The molecule has 25 heavy (non-hydrogen) atoms. The van der Waals surface area contributed by atoms with Gasteiger partial charge in [-0.05, 0) is 49.9 Å². The van der Waals surface area contributed by atoms with Gasteiger partial charge in [-0.15, -0.1) is 0 Å². The van der Waals surface area contributed by atoms with E-state index >= 15 is 0 Å². The second-order valence-electron chi connectivity index (χ2n) is 6.29. The van der Waals surface area contributed by atoms with E-state index < -0.39 is 5.91 Å². The van der Waals surface area contributed by atoms with E-state index in [1.54, 1.807) is 11.5 Å². The molecule has 3 aromatic rings. The van der Waals surface area contributed by atoms with Gasteiger partial charge in [-0.3, -0.25) is 10.0 Å². The Bertz CT molecular complexity index is 939. The van der Waals surface area contributed by atoms with E-state index in [4.69, 9.17) is 5.21 Å². The summed E-state index contributed by atoms with van der Waals surface area (Å²) in [5.41, 5.74) is 8.54. The number of hydrogen-bond donors (Lipinski definition) is 2. The Morgan fingerprint density at radius 1 is 1.20 bits per heavy atom. The van der Waals surface area contributed by atoms with Crippen LogP contribution in [0.25, 0.3) is 16.8 Å². The molecule has 0 aliphatic heterocycles. The number of carbonyl (C=O) groups excluding carboxylic acids is 1. The smallest absolute Gasteiger partial charge is 0.288 e. The molecule has 0 aliphatic carbocycles. The number of aryl methyl sites for hydroxylation is 4. The van der Waals surface area contributed by atoms with Gasteiger partial charge in [0.2, 0.25) is 0 Å². The van der Waals surface area contributed by atoms with E-state index in [0.29, 0.717) is 5.65 Å². The summed E-state index contributed by atoms with van der Waals surface area (Å²) in [4.78, 5) is 16.4. The first-order chi connectivity index (χ1) is 12.0. The number of benzene rings is 1. The highest BCUT2D eigenvalue weighted by molar-refractivity contribution is 5.93. The molecule has 6 nitrogen and oxygen atoms in total. The molecular formula is C19H22N4O2. The van der Waals surface area contributed by atoms with Crippen molar-refractivity contribution in [2.24, 2.45) is 0 Å². The first-order valence-corrected chi connectivity index (χ1v) is 8.38. The Labute approximate surface area is 146 Å². The molecule has 0 radical (unpaired) electrons. The van der Waals surface area contributed by atoms with Crippen molar-refractivity contribution in [1.82, 2.24) is 20.1 Å². The van der Waals surface area contributed by atoms with Crippen LogP contribution < -0.4 is 5.48 Å². The molecule has 6 heteroatoms. The Morgan fingerprint density at radius 3 is 2.48 bits per heavy atom. The number of nitrogens with one attached hydrogen (secondary N) is 1. The van der Waals surface area contributed by atoms with Crippen LogP contribution in [0.2, 0.25) is 0 Å². The van der Waals surface area contributed by atoms with Gasteiger partial charge < -0.3 is 0 Å². The van der Waals surface area contributed by atoms with Crippen molar-refractivity contribution in [3.8, 4) is 11.1 Å². The van der Waals surface area contributed by atoms with Crippen LogP contribution in [0.15, 0.2) is 24.3 Å². The molecular weight excluding hydrogens is 316 g/mol. The minimum absolute atomic E-state index is 0.186. The molecule has 3 rings (SSSR count). The third-order valence-electron chi connectivity index (χ3n) is 4.41. The standard InChI is InChI=1S/C19H22N4O2/c1-5-7-14-10-15(19(24)22-25)20-18-17(13(4)21-23(14)18)16-11(2)8-6-9-12(16)3/h6,8-10,25H,5,7H2,1-4H3,(H,22,24). The molecule has 0 spiro atoms. The molecule has 0 fully saturated rings. The lowest BCUT2D eigenvalue weighted by molar-refractivity contribution is 0.0700. The average molecular weight is 338 g/mol. The van der Waals surface area contributed by atoms with Gasteiger partial charge in [-0.2, -0.15) is 5.10 Å². The number of aromatic nitrogens is 3. The van der Waals surface area contributed by atoms with Crippen LogP contribution in [0.5, 0.6) is 0 Å². The zero-order valence-electron chi connectivity index (χ0n) is 14.9. The van der Waals surface area contributed by atoms with Crippen molar-refractivity contribution in [3.63, 3.8) is 0 Å². The minimum atomic E-state index is -0.619. The number of fused-ring (bicyclic) bond motifs is 1. The molecule has 0 saturated carbocycles. The third kappa shape index (κ3) is 2.89. The fourth-order valence-corrected chi connectivity index (χ4v) is 3.29. The predicted molar refractivity (Wildman–Crippen MR) is 95.9 cm³/mol. The molecule has 1 aromatic carbocycles. The van der Waals surface area contributed by atoms with Gasteiger partial charge in [-0.1, -0.05) is 31.5 Å². The molecule has 130 valence electrons. The van der Waals surface area contributed by atoms with Crippen LogP contribution in [0.3, 0.4) is 0 Å². The highest BCUT2D eigenvalue weighted by Gasteiger charge is 2.20. The highest BCUT2D eigenvalue weighted by atomic mass is 16.5. The molecule has 0 atom stereocenters. The monoisotopic (exact) mass is 338 g/mol. The Morgan fingerprint density at radius 2 is 1.88 bits per heavy atom. The molecule has 0 bridgehead atoms. The van der Waals surface area contributed by atoms with Crippen LogP contribution in [-0.2, 0) is 6.42 Å². The maximum atomic E-state index is 11.9. The van der Waals surface area contributed by atoms with E-state index in [-0.39, 0.29) is 5.69 Å². The lowest BCUT2D eigenvalue weighted by Gasteiger charge is -2.10. The number of hydroxylamine groups is 1. The van der Waals surface area contributed by atoms with Gasteiger partial charge in [0.1, 0.15) is 5.69 Å². The van der Waals surface area contributed by atoms with Gasteiger partial charge in [0.05, 0.1) is 11.3 Å². The zero-order valence-corrected chi connectivity index (χ0v) is 14.9. The van der Waals surface area contributed by atoms with E-state index in [1.165, 1.54) is 0 Å². The van der Waals surface area contributed by atoms with Gasteiger partial charge in [0, 0.05) is 5.69 Å². The number of hydrogen-bond acceptors (Lipinski definition) is 4. The van der Waals surface area contributed by atoms with E-state index in [9.17, 15) is 4.79 Å². The maximum absolute atomic E-state index is 11.9. The molecule has 0 saturated heterocycles. The lowest BCUT2D eigenvalue weighted by Crippen LogP contribution is -2.21. The average Bonchev–Trinajstić information content (AvgIpc) is 2.91. The van der Waals surface area contributed by atoms with E-state index in [2.05, 4.69) is 43.0 Å². The van der Waals surface area contributed by atoms with Crippen LogP contribution >= 0.6 is 0 Å². The second kappa shape index (κ2) is 6.64. The van der Waals surface area contributed by atoms with Gasteiger partial charge in [-0.25, -0.2) is 15.0 Å². The zero-order chi connectivity index (χ0) is 18.1. The van der Waals surface area contributed by atoms with Crippen molar-refractivity contribution in [3.05, 3.63) is 52.5 Å². The molecule has 2 N–H and O–H groups in total. The summed E-state index contributed by atoms with van der Waals surface area (Å²) in [5.74, 6) is -0.619. The predicted octanol–water partition coefficient (Wildman–Crippen LogP) is 3.39. The first kappa shape index (κ1) is 17.1. The number of nitrogens with zero attached hydrogens (tertiary/aromatic N) is 3. The maximum Gasteiger partial charge on any atom is 0.293 e. The van der Waals surface area contributed by atoms with Crippen molar-refractivity contribution >= 4 is 11.6 Å². The summed E-state index contributed by atoms with van der Waals surface area (Å²) in [7, 11) is 0. The molecule has 2 heterocycles. The van der Waals surface area contributed by atoms with Crippen LogP contribution in [0.4, 0.5) is 0 Å². The highest BCUT2D eigenvalue weighted by Crippen LogP contribution is 2.33. The van der Waals surface area contributed by atoms with Crippen LogP contribution in [-0.4, -0.2) is 25.7 Å². The molecule has 2 aromatic heterocycles. The summed E-state index contributed by atoms with van der Waals surface area (Å²) in [5, 5.41) is 13.7. The second-order valence-corrected chi connectivity index (χ2v) is 6.29. The minimum Gasteiger partial charge on any atom is -0.288 e. The van der Waals surface area contributed by atoms with Crippen LogP contribution in [0, 0.1) is 20.8 Å². The quantitative estimate of drug-likeness (QED) is 0.564. The Hall–Kier alpha value is -2.73. The van der Waals surface area contributed by atoms with Crippen molar-refractivity contribution < 1.29 is 10.0 Å². The summed E-state index contributed by atoms with van der Waals surface area (Å²) < 4.78 is 1.81. The fourth-order valence-electron chi connectivity index (χ4n) is 3.29. The van der Waals surface area contributed by atoms with Gasteiger partial charge in [0.25, 0.3) is 5.91 Å². The summed E-state index contributed by atoms with van der Waals surface area (Å²) in [6.45, 7) is 8.14. The summed E-state index contributed by atoms with van der Waals surface area (Å²) in [6.07, 6.45) is 1.68. The lowest BCUT2D eigenvalue weighted by atomic mass is 9.96. The van der Waals surface area contributed by atoms with Gasteiger partial charge in [0.15, 0.2) is 5.65 Å². The number of rotatable bonds is 4. The van der Waals surface area contributed by atoms with Crippen molar-refractivity contribution in [2.75, 3.05) is 0 Å². The molecule has 0 unspecified atom stereocenters. The van der Waals surface area contributed by atoms with Crippen molar-refractivity contribution in [1.29, 1.82) is 0 Å². The summed E-state index contributed by atoms with van der Waals surface area (Å²) in [6, 6.07) is 7.82. The summed E-state index contributed by atoms with van der Waals surface area (Å²) >= 11 is 0. The van der Waals surface area contributed by atoms with E-state index in [1.807, 2.05) is 17.5 Å². The van der Waals surface area contributed by atoms with Crippen LogP contribution in [0.1, 0.15) is 46.3 Å². The Balaban J connectivity index is 2.38. The fraction of sp³-hybridized carbons (Fsp3) is 0.316.